The van der Waals surface area contributed by atoms with Gasteiger partial charge < -0.3 is 5.73 Å². The van der Waals surface area contributed by atoms with Gasteiger partial charge in [-0.3, -0.25) is 4.98 Å². The third-order valence-electron chi connectivity index (χ3n) is 2.21. The van der Waals surface area contributed by atoms with Gasteiger partial charge in [-0.1, -0.05) is 13.0 Å². The van der Waals surface area contributed by atoms with E-state index in [1.807, 2.05) is 32.0 Å². The predicted octanol–water partition coefficient (Wildman–Crippen LogP) is 2.40. The van der Waals surface area contributed by atoms with Crippen molar-refractivity contribution in [1.29, 1.82) is 0 Å². The second kappa shape index (κ2) is 4.58. The van der Waals surface area contributed by atoms with Crippen LogP contribution in [0, 0.1) is 6.92 Å². The van der Waals surface area contributed by atoms with Gasteiger partial charge >= 0.3 is 0 Å². The quantitative estimate of drug-likeness (QED) is 0.797. The Labute approximate surface area is 86.0 Å². The molecule has 13 heavy (non-hydrogen) atoms. The maximum atomic E-state index is 6.04. The molecule has 1 heterocycles. The van der Waals surface area contributed by atoms with Crippen molar-refractivity contribution in [2.24, 2.45) is 5.73 Å². The highest BCUT2D eigenvalue weighted by molar-refractivity contribution is 5.85. The molecule has 0 amide bonds. The molecule has 0 spiro atoms. The lowest BCUT2D eigenvalue weighted by Gasteiger charge is -2.22. The molecule has 0 radical (unpaired) electrons. The number of nitrogens with zero attached hydrogens (tertiary/aromatic N) is 1. The van der Waals surface area contributed by atoms with Gasteiger partial charge in [-0.25, -0.2) is 0 Å². The number of aryl methyl sites for hydroxylation is 1. The Morgan fingerprint density at radius 3 is 2.54 bits per heavy atom. The summed E-state index contributed by atoms with van der Waals surface area (Å²) in [6, 6.07) is 5.96. The van der Waals surface area contributed by atoms with Crippen molar-refractivity contribution in [2.45, 2.75) is 32.7 Å². The van der Waals surface area contributed by atoms with Crippen molar-refractivity contribution in [3.63, 3.8) is 0 Å². The summed E-state index contributed by atoms with van der Waals surface area (Å²) in [4.78, 5) is 4.39. The smallest absolute Gasteiger partial charge is 0.0602 e. The fraction of sp³-hybridized carbons (Fsp3) is 0.500. The monoisotopic (exact) mass is 200 g/mol. The van der Waals surface area contributed by atoms with Crippen LogP contribution in [0.1, 0.15) is 31.7 Å². The Morgan fingerprint density at radius 1 is 1.46 bits per heavy atom. The molecule has 0 saturated carbocycles. The summed E-state index contributed by atoms with van der Waals surface area (Å²) in [5.41, 5.74) is 7.76. The van der Waals surface area contributed by atoms with Gasteiger partial charge in [0.1, 0.15) is 0 Å². The molecule has 0 fully saturated rings. The second-order valence-electron chi connectivity index (χ2n) is 3.44. The van der Waals surface area contributed by atoms with Crippen LogP contribution in [-0.4, -0.2) is 4.98 Å². The van der Waals surface area contributed by atoms with E-state index in [1.54, 1.807) is 0 Å². The molecule has 0 aliphatic carbocycles. The lowest BCUT2D eigenvalue weighted by Crippen LogP contribution is -2.33. The minimum Gasteiger partial charge on any atom is -0.320 e. The maximum absolute atomic E-state index is 6.04. The Bertz CT molecular complexity index is 271. The molecule has 0 saturated heterocycles. The van der Waals surface area contributed by atoms with Crippen LogP contribution in [-0.2, 0) is 5.54 Å². The summed E-state index contributed by atoms with van der Waals surface area (Å²) >= 11 is 0. The third kappa shape index (κ3) is 2.98. The van der Waals surface area contributed by atoms with Crippen molar-refractivity contribution >= 4 is 12.4 Å². The summed E-state index contributed by atoms with van der Waals surface area (Å²) in [6.07, 6.45) is 0.906. The second-order valence-corrected chi connectivity index (χ2v) is 3.44. The largest absolute Gasteiger partial charge is 0.320 e. The molecule has 0 aliphatic heterocycles. The molecule has 0 aliphatic rings. The van der Waals surface area contributed by atoms with E-state index in [4.69, 9.17) is 5.73 Å². The number of hydrogen-bond donors (Lipinski definition) is 1. The summed E-state index contributed by atoms with van der Waals surface area (Å²) in [7, 11) is 0. The SMILES string of the molecule is CCC(C)(N)c1cccc(C)n1.Cl. The summed E-state index contributed by atoms with van der Waals surface area (Å²) in [5, 5.41) is 0. The zero-order chi connectivity index (χ0) is 9.19. The lowest BCUT2D eigenvalue weighted by atomic mass is 9.95. The predicted molar refractivity (Wildman–Crippen MR) is 58.1 cm³/mol. The molecule has 0 aromatic carbocycles. The first-order valence-corrected chi connectivity index (χ1v) is 4.29. The first-order chi connectivity index (χ1) is 5.56. The van der Waals surface area contributed by atoms with E-state index >= 15 is 0 Å². The number of halogens is 1. The zero-order valence-corrected chi connectivity index (χ0v) is 9.19. The Kier molecular flexibility index (Phi) is 4.37. The van der Waals surface area contributed by atoms with Gasteiger partial charge in [-0.15, -0.1) is 12.4 Å². The molecular weight excluding hydrogens is 184 g/mol. The van der Waals surface area contributed by atoms with Crippen molar-refractivity contribution in [3.8, 4) is 0 Å². The summed E-state index contributed by atoms with van der Waals surface area (Å²) < 4.78 is 0. The average Bonchev–Trinajstić information content (AvgIpc) is 2.05. The molecule has 1 aromatic heterocycles. The van der Waals surface area contributed by atoms with Crippen molar-refractivity contribution < 1.29 is 0 Å². The van der Waals surface area contributed by atoms with E-state index < -0.39 is 0 Å². The molecule has 1 aromatic rings. The average molecular weight is 201 g/mol. The van der Waals surface area contributed by atoms with Crippen LogP contribution in [0.15, 0.2) is 18.2 Å². The molecular formula is C10H17ClN2. The minimum absolute atomic E-state index is 0. The van der Waals surface area contributed by atoms with Gasteiger partial charge in [-0.2, -0.15) is 0 Å². The first kappa shape index (κ1) is 12.4. The fourth-order valence-corrected chi connectivity index (χ4v) is 1.04. The number of nitrogens with two attached hydrogens (primary N) is 1. The first-order valence-electron chi connectivity index (χ1n) is 4.29. The van der Waals surface area contributed by atoms with E-state index in [1.165, 1.54) is 0 Å². The van der Waals surface area contributed by atoms with Crippen LogP contribution in [0.25, 0.3) is 0 Å². The van der Waals surface area contributed by atoms with Crippen LogP contribution in [0.2, 0.25) is 0 Å². The van der Waals surface area contributed by atoms with Crippen LogP contribution < -0.4 is 5.73 Å². The van der Waals surface area contributed by atoms with Gasteiger partial charge in [0.25, 0.3) is 0 Å². The van der Waals surface area contributed by atoms with E-state index in [0.717, 1.165) is 17.8 Å². The standard InChI is InChI=1S/C10H16N2.ClH/c1-4-10(3,11)9-7-5-6-8(2)12-9;/h5-7H,4,11H2,1-3H3;1H. The summed E-state index contributed by atoms with van der Waals surface area (Å²) in [5.74, 6) is 0. The molecule has 1 rings (SSSR count). The molecule has 2 N–H and O–H groups in total. The van der Waals surface area contributed by atoms with Gasteiger partial charge in [0.15, 0.2) is 0 Å². The molecule has 1 atom stereocenters. The van der Waals surface area contributed by atoms with Crippen molar-refractivity contribution in [1.82, 2.24) is 4.98 Å². The minimum atomic E-state index is -0.286. The van der Waals surface area contributed by atoms with Crippen LogP contribution in [0.3, 0.4) is 0 Å². The highest BCUT2D eigenvalue weighted by Gasteiger charge is 2.19. The van der Waals surface area contributed by atoms with E-state index in [9.17, 15) is 0 Å². The normalized spacial score (nSPS) is 14.5. The fourth-order valence-electron chi connectivity index (χ4n) is 1.04. The summed E-state index contributed by atoms with van der Waals surface area (Å²) in [6.45, 7) is 6.06. The Balaban J connectivity index is 0.00000144. The molecule has 2 nitrogen and oxygen atoms in total. The van der Waals surface area contributed by atoms with Crippen LogP contribution in [0.5, 0.6) is 0 Å². The number of aromatic nitrogens is 1. The highest BCUT2D eigenvalue weighted by atomic mass is 35.5. The van der Waals surface area contributed by atoms with Crippen LogP contribution >= 0.6 is 12.4 Å². The molecule has 0 bridgehead atoms. The van der Waals surface area contributed by atoms with Gasteiger partial charge in [-0.05, 0) is 32.4 Å². The zero-order valence-electron chi connectivity index (χ0n) is 8.37. The highest BCUT2D eigenvalue weighted by Crippen LogP contribution is 2.18. The van der Waals surface area contributed by atoms with Crippen molar-refractivity contribution in [3.05, 3.63) is 29.6 Å². The molecule has 74 valence electrons. The van der Waals surface area contributed by atoms with Crippen molar-refractivity contribution in [2.75, 3.05) is 0 Å². The molecule has 3 heteroatoms. The van der Waals surface area contributed by atoms with E-state index in [-0.39, 0.29) is 17.9 Å². The Morgan fingerprint density at radius 2 is 2.08 bits per heavy atom. The van der Waals surface area contributed by atoms with Crippen LogP contribution in [0.4, 0.5) is 0 Å². The van der Waals surface area contributed by atoms with Gasteiger partial charge in [0.05, 0.1) is 11.2 Å². The number of pyridine rings is 1. The third-order valence-corrected chi connectivity index (χ3v) is 2.21. The van der Waals surface area contributed by atoms with E-state index in [2.05, 4.69) is 11.9 Å². The topological polar surface area (TPSA) is 38.9 Å². The Hall–Kier alpha value is -0.600. The molecule has 1 unspecified atom stereocenters. The van der Waals surface area contributed by atoms with Gasteiger partial charge in [0, 0.05) is 5.69 Å². The number of hydrogen-bond acceptors (Lipinski definition) is 2. The van der Waals surface area contributed by atoms with Gasteiger partial charge in [0.2, 0.25) is 0 Å². The lowest BCUT2D eigenvalue weighted by molar-refractivity contribution is 0.461. The number of rotatable bonds is 2. The maximum Gasteiger partial charge on any atom is 0.0602 e. The van der Waals surface area contributed by atoms with E-state index in [0.29, 0.717) is 0 Å².